The number of rotatable bonds is 2. The topological polar surface area (TPSA) is 57.8 Å². The van der Waals surface area contributed by atoms with E-state index in [4.69, 9.17) is 0 Å². The first-order chi connectivity index (χ1) is 10.4. The Kier molecular flexibility index (Phi) is 3.80. The number of aromatic amines is 1. The highest BCUT2D eigenvalue weighted by molar-refractivity contribution is 6.77. The van der Waals surface area contributed by atoms with Crippen molar-refractivity contribution in [3.63, 3.8) is 0 Å². The number of H-pyrrole nitrogens is 1. The number of nitrogens with one attached hydrogen (secondary N) is 2. The van der Waals surface area contributed by atoms with Crippen LogP contribution in [0.5, 0.6) is 0 Å². The van der Waals surface area contributed by atoms with Crippen LogP contribution in [0.15, 0.2) is 12.4 Å². The summed E-state index contributed by atoms with van der Waals surface area (Å²) in [5, 5.41) is 3.56. The number of hydrogen-bond acceptors (Lipinski definition) is 2. The maximum Gasteiger partial charge on any atom is 0.268 e. The van der Waals surface area contributed by atoms with Gasteiger partial charge in [0.2, 0.25) is 0 Å². The summed E-state index contributed by atoms with van der Waals surface area (Å²) in [4.78, 5) is 19.3. The van der Waals surface area contributed by atoms with E-state index < -0.39 is 13.9 Å². The van der Waals surface area contributed by atoms with Gasteiger partial charge in [-0.15, -0.1) is 8.07 Å². The summed E-state index contributed by atoms with van der Waals surface area (Å²) in [6.45, 7) is 6.58. The molecule has 1 fully saturated rings. The first-order valence-corrected chi connectivity index (χ1v) is 11.2. The minimum absolute atomic E-state index is 0.139. The first-order valence-electron chi connectivity index (χ1n) is 7.80. The normalized spacial score (nSPS) is 18.5. The van der Waals surface area contributed by atoms with Crippen molar-refractivity contribution >= 4 is 24.9 Å². The van der Waals surface area contributed by atoms with Crippen LogP contribution in [-0.4, -0.2) is 30.0 Å². The average Bonchev–Trinajstić information content (AvgIpc) is 2.80. The molecule has 1 amide bonds. The van der Waals surface area contributed by atoms with Gasteiger partial charge in [-0.25, -0.2) is 4.39 Å². The van der Waals surface area contributed by atoms with Gasteiger partial charge < -0.3 is 10.3 Å². The van der Waals surface area contributed by atoms with Crippen molar-refractivity contribution in [1.29, 1.82) is 0 Å². The van der Waals surface area contributed by atoms with Crippen molar-refractivity contribution in [3.05, 3.63) is 29.5 Å². The van der Waals surface area contributed by atoms with E-state index in [-0.39, 0.29) is 11.9 Å². The minimum Gasteiger partial charge on any atom is -0.349 e. The van der Waals surface area contributed by atoms with Gasteiger partial charge in [0.15, 0.2) is 5.82 Å². The summed E-state index contributed by atoms with van der Waals surface area (Å²) < 4.78 is 13.9. The van der Waals surface area contributed by atoms with Gasteiger partial charge in [0.25, 0.3) is 5.91 Å². The summed E-state index contributed by atoms with van der Waals surface area (Å²) in [7, 11) is -1.02. The lowest BCUT2D eigenvalue weighted by molar-refractivity contribution is 0.0929. The Labute approximate surface area is 130 Å². The maximum absolute atomic E-state index is 13.9. The molecule has 0 spiro atoms. The number of fused-ring (bicyclic) bond motifs is 1. The Balaban J connectivity index is 1.79. The zero-order chi connectivity index (χ0) is 15.9. The summed E-state index contributed by atoms with van der Waals surface area (Å²) in [5.41, 5.74) is 1.67. The third kappa shape index (κ3) is 2.79. The van der Waals surface area contributed by atoms with Gasteiger partial charge in [0.1, 0.15) is 5.69 Å². The lowest BCUT2D eigenvalue weighted by Crippen LogP contribution is -2.42. The third-order valence-corrected chi connectivity index (χ3v) is 8.10. The molecule has 0 aromatic carbocycles. The smallest absolute Gasteiger partial charge is 0.268 e. The lowest BCUT2D eigenvalue weighted by atomic mass is 10.1. The van der Waals surface area contributed by atoms with Gasteiger partial charge in [-0.2, -0.15) is 25.2 Å². The second-order valence-corrected chi connectivity index (χ2v) is 12.4. The second-order valence-electron chi connectivity index (χ2n) is 7.08. The number of aromatic nitrogens is 2. The largest absolute Gasteiger partial charge is 0.349 e. The van der Waals surface area contributed by atoms with Crippen LogP contribution >= 0.6 is 0 Å². The minimum atomic E-state index is -1.02. The molecule has 4 nitrogen and oxygen atoms in total. The molecule has 0 unspecified atom stereocenters. The fraction of sp³-hybridized carbons (Fsp3) is 0.500. The predicted molar refractivity (Wildman–Crippen MR) is 88.4 cm³/mol. The monoisotopic (exact) mass is 319 g/mol. The zero-order valence-corrected chi connectivity index (χ0v) is 14.3. The molecule has 0 saturated carbocycles. The van der Waals surface area contributed by atoms with Crippen molar-refractivity contribution in [1.82, 2.24) is 15.3 Å². The fourth-order valence-corrected chi connectivity index (χ4v) is 5.80. The second kappa shape index (κ2) is 5.50. The molecule has 1 aliphatic rings. The van der Waals surface area contributed by atoms with Crippen molar-refractivity contribution in [2.24, 2.45) is 0 Å². The van der Waals surface area contributed by atoms with E-state index in [2.05, 4.69) is 28.4 Å². The van der Waals surface area contributed by atoms with Crippen LogP contribution in [0.1, 0.15) is 28.9 Å². The highest BCUT2D eigenvalue weighted by Gasteiger charge is 2.24. The molecular weight excluding hydrogens is 297 g/mol. The molecular formula is C16H22FN3OSi-. The van der Waals surface area contributed by atoms with E-state index >= 15 is 0 Å². The standard InChI is InChI=1S/C16H22FN3OSi/c1-10-14-12(17)8-18-9-13(14)20-15(10)16(21)19-11-4-6-22(2,3)7-5-11/h8-9,11,20H,4-7H2,1-3H3,(H,19,21)/q-1. The number of carbonyl (C=O) groups is 1. The zero-order valence-electron chi connectivity index (χ0n) is 13.3. The van der Waals surface area contributed by atoms with Crippen molar-refractivity contribution in [2.75, 3.05) is 0 Å². The third-order valence-electron chi connectivity index (χ3n) is 4.81. The van der Waals surface area contributed by atoms with Crippen LogP contribution in [0.2, 0.25) is 25.2 Å². The van der Waals surface area contributed by atoms with Crippen LogP contribution in [0, 0.1) is 12.7 Å². The number of pyridine rings is 1. The van der Waals surface area contributed by atoms with Gasteiger partial charge >= 0.3 is 0 Å². The Bertz CT molecular complexity index is 715. The summed E-state index contributed by atoms with van der Waals surface area (Å²) >= 11 is 0. The number of nitrogens with zero attached hydrogens (tertiary/aromatic N) is 1. The molecule has 119 valence electrons. The molecule has 2 aromatic rings. The molecule has 3 rings (SSSR count). The van der Waals surface area contributed by atoms with Gasteiger partial charge in [-0.1, -0.05) is 12.8 Å². The average molecular weight is 319 g/mol. The quantitative estimate of drug-likeness (QED) is 0.831. The summed E-state index contributed by atoms with van der Waals surface area (Å²) in [5.74, 6) is -0.532. The molecule has 3 heterocycles. The van der Waals surface area contributed by atoms with E-state index in [1.165, 1.54) is 18.3 Å². The Morgan fingerprint density at radius 1 is 1.36 bits per heavy atom. The first kappa shape index (κ1) is 15.2. The molecule has 1 aliphatic heterocycles. The van der Waals surface area contributed by atoms with Crippen molar-refractivity contribution < 1.29 is 9.18 Å². The van der Waals surface area contributed by atoms with Crippen LogP contribution in [0.4, 0.5) is 4.39 Å². The van der Waals surface area contributed by atoms with E-state index in [0.717, 1.165) is 12.8 Å². The van der Waals surface area contributed by atoms with Gasteiger partial charge in [-0.05, 0) is 12.5 Å². The summed E-state index contributed by atoms with van der Waals surface area (Å²) in [6.07, 6.45) is 4.84. The van der Waals surface area contributed by atoms with Crippen LogP contribution in [0.3, 0.4) is 0 Å². The summed E-state index contributed by atoms with van der Waals surface area (Å²) in [6, 6.07) is 2.74. The van der Waals surface area contributed by atoms with Crippen molar-refractivity contribution in [3.8, 4) is 0 Å². The highest BCUT2D eigenvalue weighted by atomic mass is 28.3. The molecule has 0 atom stereocenters. The Morgan fingerprint density at radius 3 is 2.68 bits per heavy atom. The number of aryl methyl sites for hydroxylation is 1. The van der Waals surface area contributed by atoms with Gasteiger partial charge in [0, 0.05) is 11.4 Å². The van der Waals surface area contributed by atoms with Gasteiger partial charge in [0.05, 0.1) is 17.9 Å². The van der Waals surface area contributed by atoms with Crippen LogP contribution in [0.25, 0.3) is 10.9 Å². The van der Waals surface area contributed by atoms with Crippen molar-refractivity contribution in [2.45, 2.75) is 51.0 Å². The molecule has 0 bridgehead atoms. The number of carbonyl (C=O) groups excluding carboxylic acids is 1. The Hall–Kier alpha value is -1.69. The predicted octanol–water partition coefficient (Wildman–Crippen LogP) is 3.61. The van der Waals surface area contributed by atoms with Crippen LogP contribution in [-0.2, 0) is 0 Å². The molecule has 6 heteroatoms. The number of hydrogen-bond donors (Lipinski definition) is 2. The van der Waals surface area contributed by atoms with Crippen LogP contribution < -0.4 is 5.32 Å². The molecule has 1 saturated heterocycles. The molecule has 2 aromatic heterocycles. The lowest BCUT2D eigenvalue weighted by Gasteiger charge is -2.41. The van der Waals surface area contributed by atoms with E-state index in [0.29, 0.717) is 22.2 Å². The molecule has 0 radical (unpaired) electrons. The number of halogens is 1. The fourth-order valence-electron chi connectivity index (χ4n) is 3.29. The molecule has 0 aliphatic carbocycles. The Morgan fingerprint density at radius 2 is 2.05 bits per heavy atom. The SMILES string of the molecule is Cc1c(C(=O)NC2CC[Si-](C)(C)CC2)[nH]c2cncc(F)c12. The highest BCUT2D eigenvalue weighted by Crippen LogP contribution is 2.29. The number of amides is 1. The van der Waals surface area contributed by atoms with E-state index in [1.54, 1.807) is 13.1 Å². The van der Waals surface area contributed by atoms with E-state index in [1.807, 2.05) is 0 Å². The van der Waals surface area contributed by atoms with E-state index in [9.17, 15) is 9.18 Å². The maximum atomic E-state index is 13.9. The van der Waals surface area contributed by atoms with Gasteiger partial charge in [-0.3, -0.25) is 9.78 Å². The molecule has 2 N–H and O–H groups in total. The molecule has 22 heavy (non-hydrogen) atoms.